The summed E-state index contributed by atoms with van der Waals surface area (Å²) in [5, 5.41) is 0. The Morgan fingerprint density at radius 3 is 2.75 bits per heavy atom. The van der Waals surface area contributed by atoms with Gasteiger partial charge in [0.25, 0.3) is 5.56 Å². The molecule has 2 aromatic rings. The van der Waals surface area contributed by atoms with Crippen molar-refractivity contribution in [3.05, 3.63) is 56.3 Å². The van der Waals surface area contributed by atoms with E-state index < -0.39 is 0 Å². The summed E-state index contributed by atoms with van der Waals surface area (Å²) in [6.07, 6.45) is 1.60. The number of aromatic amines is 1. The number of aromatic nitrogens is 2. The Morgan fingerprint density at radius 1 is 1.31 bits per heavy atom. The Balaban J connectivity index is 2.05. The second-order valence-electron chi connectivity index (χ2n) is 3.11. The summed E-state index contributed by atoms with van der Waals surface area (Å²) in [6, 6.07) is 10.0. The molecule has 82 valence electrons. The lowest BCUT2D eigenvalue weighted by molar-refractivity contribution is 0.989. The molecular weight excluding hydrogens is 335 g/mol. The maximum atomic E-state index is 11.3. The predicted molar refractivity (Wildman–Crippen MR) is 73.6 cm³/mol. The molecule has 1 aromatic heterocycles. The zero-order valence-corrected chi connectivity index (χ0v) is 11.3. The first-order valence-electron chi connectivity index (χ1n) is 4.67. The quantitative estimate of drug-likeness (QED) is 0.688. The minimum Gasteiger partial charge on any atom is -0.309 e. The van der Waals surface area contributed by atoms with Gasteiger partial charge in [0.1, 0.15) is 5.82 Å². The molecule has 0 saturated heterocycles. The second-order valence-corrected chi connectivity index (χ2v) is 5.32. The molecule has 0 aliphatic heterocycles. The summed E-state index contributed by atoms with van der Waals surface area (Å²) in [7, 11) is 0. The minimum absolute atomic E-state index is 0.0701. The molecule has 1 N–H and O–H groups in total. The molecule has 0 saturated carbocycles. The van der Waals surface area contributed by atoms with Gasteiger partial charge in [-0.2, -0.15) is 0 Å². The maximum Gasteiger partial charge on any atom is 0.264 e. The smallest absolute Gasteiger partial charge is 0.264 e. The molecule has 1 heterocycles. The number of halogens is 1. The molecule has 0 aliphatic carbocycles. The van der Waals surface area contributed by atoms with Crippen molar-refractivity contribution in [2.24, 2.45) is 0 Å². The van der Waals surface area contributed by atoms with Crippen molar-refractivity contribution < 1.29 is 0 Å². The summed E-state index contributed by atoms with van der Waals surface area (Å²) in [5.41, 5.74) is -0.0701. The third-order valence-electron chi connectivity index (χ3n) is 1.93. The van der Waals surface area contributed by atoms with Crippen LogP contribution in [-0.4, -0.2) is 9.97 Å². The van der Waals surface area contributed by atoms with Gasteiger partial charge in [-0.3, -0.25) is 4.79 Å². The molecule has 5 heteroatoms. The first-order chi connectivity index (χ1) is 7.75. The molecule has 0 bridgehead atoms. The van der Waals surface area contributed by atoms with Gasteiger partial charge in [0.2, 0.25) is 0 Å². The molecule has 2 rings (SSSR count). The van der Waals surface area contributed by atoms with E-state index in [4.69, 9.17) is 0 Å². The number of H-pyrrole nitrogens is 1. The van der Waals surface area contributed by atoms with Gasteiger partial charge in [0.15, 0.2) is 0 Å². The summed E-state index contributed by atoms with van der Waals surface area (Å²) >= 11 is 3.62. The van der Waals surface area contributed by atoms with Gasteiger partial charge in [-0.15, -0.1) is 11.8 Å². The van der Waals surface area contributed by atoms with E-state index in [0.29, 0.717) is 15.1 Å². The third-order valence-corrected chi connectivity index (χ3v) is 3.72. The highest BCUT2D eigenvalue weighted by atomic mass is 127. The van der Waals surface area contributed by atoms with Crippen molar-refractivity contribution in [2.45, 2.75) is 10.6 Å². The standard InChI is InChI=1S/C11H9IN2OS/c12-9-6-13-10(14-11(9)15)7-16-8-4-2-1-3-5-8/h1-6H,7H2,(H,13,14,15). The summed E-state index contributed by atoms with van der Waals surface area (Å²) in [5.74, 6) is 1.38. The van der Waals surface area contributed by atoms with E-state index in [9.17, 15) is 4.79 Å². The van der Waals surface area contributed by atoms with E-state index in [2.05, 4.69) is 9.97 Å². The number of nitrogens with one attached hydrogen (secondary N) is 1. The molecule has 0 amide bonds. The molecule has 1 aromatic carbocycles. The SMILES string of the molecule is O=c1[nH]c(CSc2ccccc2)ncc1I. The van der Waals surface area contributed by atoms with Crippen LogP contribution < -0.4 is 5.56 Å². The normalized spacial score (nSPS) is 10.3. The Kier molecular flexibility index (Phi) is 4.00. The number of rotatable bonds is 3. The summed E-state index contributed by atoms with van der Waals surface area (Å²) < 4.78 is 0.617. The molecule has 0 unspecified atom stereocenters. The van der Waals surface area contributed by atoms with Crippen LogP contribution in [0.5, 0.6) is 0 Å². The topological polar surface area (TPSA) is 45.8 Å². The first-order valence-corrected chi connectivity index (χ1v) is 6.73. The molecule has 0 radical (unpaired) electrons. The van der Waals surface area contributed by atoms with E-state index in [1.807, 2.05) is 52.9 Å². The largest absolute Gasteiger partial charge is 0.309 e. The maximum absolute atomic E-state index is 11.3. The minimum atomic E-state index is -0.0701. The molecular formula is C11H9IN2OS. The van der Waals surface area contributed by atoms with Crippen LogP contribution >= 0.6 is 34.4 Å². The number of benzene rings is 1. The number of nitrogens with zero attached hydrogens (tertiary/aromatic N) is 1. The highest BCUT2D eigenvalue weighted by Crippen LogP contribution is 2.19. The Morgan fingerprint density at radius 2 is 2.06 bits per heavy atom. The van der Waals surface area contributed by atoms with Crippen molar-refractivity contribution >= 4 is 34.4 Å². The van der Waals surface area contributed by atoms with Crippen molar-refractivity contribution in [1.29, 1.82) is 0 Å². The van der Waals surface area contributed by atoms with Crippen molar-refractivity contribution in [3.8, 4) is 0 Å². The zero-order valence-electron chi connectivity index (χ0n) is 8.31. The highest BCUT2D eigenvalue weighted by Gasteiger charge is 2.00. The Bertz CT molecular complexity index is 527. The fourth-order valence-corrected chi connectivity index (χ4v) is 2.23. The number of thioether (sulfide) groups is 1. The van der Waals surface area contributed by atoms with Gasteiger partial charge in [-0.25, -0.2) is 4.98 Å². The highest BCUT2D eigenvalue weighted by molar-refractivity contribution is 14.1. The van der Waals surface area contributed by atoms with E-state index in [1.165, 1.54) is 4.90 Å². The fourth-order valence-electron chi connectivity index (χ4n) is 1.16. The molecule has 16 heavy (non-hydrogen) atoms. The lowest BCUT2D eigenvalue weighted by Crippen LogP contribution is -2.12. The van der Waals surface area contributed by atoms with E-state index in [-0.39, 0.29) is 5.56 Å². The summed E-state index contributed by atoms with van der Waals surface area (Å²) in [4.78, 5) is 19.4. The molecule has 0 atom stereocenters. The summed E-state index contributed by atoms with van der Waals surface area (Å²) in [6.45, 7) is 0. The van der Waals surface area contributed by atoms with Crippen LogP contribution in [0, 0.1) is 3.57 Å². The van der Waals surface area contributed by atoms with E-state index in [0.717, 1.165) is 0 Å². The first kappa shape index (κ1) is 11.7. The van der Waals surface area contributed by atoms with Crippen molar-refractivity contribution in [2.75, 3.05) is 0 Å². The average Bonchev–Trinajstić information content (AvgIpc) is 2.32. The molecule has 0 fully saturated rings. The molecule has 0 aliphatic rings. The molecule has 3 nitrogen and oxygen atoms in total. The van der Waals surface area contributed by atoms with Crippen LogP contribution in [0.25, 0.3) is 0 Å². The van der Waals surface area contributed by atoms with E-state index >= 15 is 0 Å². The van der Waals surface area contributed by atoms with Crippen molar-refractivity contribution in [3.63, 3.8) is 0 Å². The van der Waals surface area contributed by atoms with Gasteiger partial charge in [-0.05, 0) is 34.7 Å². The Hall–Kier alpha value is -0.820. The van der Waals surface area contributed by atoms with Crippen LogP contribution in [0.1, 0.15) is 5.82 Å². The lowest BCUT2D eigenvalue weighted by Gasteiger charge is -2.00. The van der Waals surface area contributed by atoms with Gasteiger partial charge < -0.3 is 4.98 Å². The Labute approximate surface area is 111 Å². The fraction of sp³-hybridized carbons (Fsp3) is 0.0909. The van der Waals surface area contributed by atoms with Crippen LogP contribution in [0.15, 0.2) is 46.2 Å². The van der Waals surface area contributed by atoms with Crippen molar-refractivity contribution in [1.82, 2.24) is 9.97 Å². The van der Waals surface area contributed by atoms with Gasteiger partial charge in [-0.1, -0.05) is 18.2 Å². The average molecular weight is 344 g/mol. The lowest BCUT2D eigenvalue weighted by atomic mass is 10.4. The van der Waals surface area contributed by atoms with Gasteiger partial charge in [0.05, 0.1) is 9.32 Å². The molecule has 0 spiro atoms. The van der Waals surface area contributed by atoms with Crippen LogP contribution in [0.2, 0.25) is 0 Å². The van der Waals surface area contributed by atoms with Crippen LogP contribution in [-0.2, 0) is 5.75 Å². The van der Waals surface area contributed by atoms with Gasteiger partial charge in [0, 0.05) is 11.1 Å². The van der Waals surface area contributed by atoms with Crippen LogP contribution in [0.3, 0.4) is 0 Å². The number of hydrogen-bond acceptors (Lipinski definition) is 3. The van der Waals surface area contributed by atoms with Gasteiger partial charge >= 0.3 is 0 Å². The monoisotopic (exact) mass is 344 g/mol. The van der Waals surface area contributed by atoms with Crippen LogP contribution in [0.4, 0.5) is 0 Å². The third kappa shape index (κ3) is 3.08. The zero-order chi connectivity index (χ0) is 11.4. The predicted octanol–water partition coefficient (Wildman–Crippen LogP) is 2.67. The van der Waals surface area contributed by atoms with E-state index in [1.54, 1.807) is 18.0 Å². The second kappa shape index (κ2) is 5.49. The number of hydrogen-bond donors (Lipinski definition) is 1.